The third kappa shape index (κ3) is 4.37. The van der Waals surface area contributed by atoms with E-state index in [-0.39, 0.29) is 0 Å². The van der Waals surface area contributed by atoms with Gasteiger partial charge in [-0.15, -0.1) is 0 Å². The first-order valence-corrected chi connectivity index (χ1v) is 3.80. The minimum absolute atomic E-state index is 0.498. The fraction of sp³-hybridized carbons (Fsp3) is 0.286. The highest BCUT2D eigenvalue weighted by Gasteiger charge is 2.29. The number of carbonyl (C=O) groups excluding carboxylic acids is 2. The van der Waals surface area contributed by atoms with Crippen LogP contribution in [0.4, 0.5) is 0 Å². The normalized spacial score (nSPS) is 12.5. The molecular weight excluding hydrogens is 230 g/mol. The number of hydrogen-bond donors (Lipinski definition) is 1. The second-order valence-corrected chi connectivity index (χ2v) is 2.40. The zero-order valence-corrected chi connectivity index (χ0v) is 8.22. The summed E-state index contributed by atoms with van der Waals surface area (Å²) in [7, 11) is 1.02. The molecule has 0 aliphatic heterocycles. The van der Waals surface area contributed by atoms with E-state index in [1.54, 1.807) is 0 Å². The minimum Gasteiger partial charge on any atom is -0.479 e. The smallest absolute Gasteiger partial charge is 0.341 e. The lowest BCUT2D eigenvalue weighted by molar-refractivity contribution is -0.151. The summed E-state index contributed by atoms with van der Waals surface area (Å²) in [5.74, 6) is -1.40. The second kappa shape index (κ2) is 6.72. The molecule has 0 saturated carbocycles. The Morgan fingerprint density at radius 2 is 2.20 bits per heavy atom. The van der Waals surface area contributed by atoms with E-state index in [2.05, 4.69) is 14.7 Å². The third-order valence-corrected chi connectivity index (χ3v) is 1.39. The van der Waals surface area contributed by atoms with E-state index in [1.807, 2.05) is 0 Å². The van der Waals surface area contributed by atoms with Crippen molar-refractivity contribution in [3.8, 4) is 0 Å². The van der Waals surface area contributed by atoms with E-state index in [4.69, 9.17) is 16.7 Å². The van der Waals surface area contributed by atoms with E-state index in [1.165, 1.54) is 5.94 Å². The number of hydrogen-bond acceptors (Lipinski definition) is 6. The van der Waals surface area contributed by atoms with Gasteiger partial charge in [-0.25, -0.2) is 9.59 Å². The topological polar surface area (TPSA) is 102 Å². The number of ketones is 1. The largest absolute Gasteiger partial charge is 0.479 e. The molecule has 7 nitrogen and oxygen atoms in total. The summed E-state index contributed by atoms with van der Waals surface area (Å²) >= 11 is 5.27. The van der Waals surface area contributed by atoms with Crippen LogP contribution in [0.5, 0.6) is 0 Å². The number of carbonyl (C=O) groups is 2. The van der Waals surface area contributed by atoms with Gasteiger partial charge in [0.05, 0.1) is 0 Å². The average molecular weight is 236 g/mol. The molecule has 0 aliphatic rings. The zero-order valence-electron chi connectivity index (χ0n) is 7.47. The lowest BCUT2D eigenvalue weighted by atomic mass is 10.2. The van der Waals surface area contributed by atoms with E-state index in [0.29, 0.717) is 6.26 Å². The molecule has 82 valence electrons. The molecule has 8 heteroatoms. The van der Waals surface area contributed by atoms with Gasteiger partial charge in [0.1, 0.15) is 0 Å². The molecule has 0 aromatic heterocycles. The Balaban J connectivity index is 4.60. The molecule has 0 spiro atoms. The van der Waals surface area contributed by atoms with Crippen molar-refractivity contribution in [2.45, 2.75) is 6.10 Å². The Hall–Kier alpha value is -1.69. The molecule has 15 heavy (non-hydrogen) atoms. The molecule has 1 N–H and O–H groups in total. The monoisotopic (exact) mass is 235 g/mol. The number of Topliss-reactive ketones (excluding diaryl/α,β-unsaturated/α-hetero) is 1. The van der Waals surface area contributed by atoms with E-state index in [9.17, 15) is 14.4 Å². The molecule has 0 rings (SSSR count). The molecule has 0 heterocycles. The van der Waals surface area contributed by atoms with Crippen LogP contribution in [0.2, 0.25) is 0 Å². The third-order valence-electron chi connectivity index (χ3n) is 1.14. The van der Waals surface area contributed by atoms with Crippen molar-refractivity contribution in [1.82, 2.24) is 0 Å². The Kier molecular flexibility index (Phi) is 5.96. The van der Waals surface area contributed by atoms with Gasteiger partial charge in [0.2, 0.25) is 23.3 Å². The van der Waals surface area contributed by atoms with Crippen LogP contribution in [0.3, 0.4) is 0 Å². The molecule has 1 unspecified atom stereocenters. The fourth-order valence-corrected chi connectivity index (χ4v) is 0.706. The summed E-state index contributed by atoms with van der Waals surface area (Å²) in [6.07, 6.45) is -1.26. The van der Waals surface area contributed by atoms with Gasteiger partial charge >= 0.3 is 5.97 Å². The van der Waals surface area contributed by atoms with E-state index in [0.717, 1.165) is 7.11 Å². The number of carboxylic acids is 1. The average Bonchev–Trinajstić information content (AvgIpc) is 2.18. The van der Waals surface area contributed by atoms with Crippen LogP contribution in [0.1, 0.15) is 0 Å². The number of aliphatic carboxylic acids is 1. The molecule has 0 aliphatic carbocycles. The molecule has 0 fully saturated rings. The standard InChI is InChI=1S/C7H6ClNO6/c1-14-5(7(12)13)4(11)6(8)9-15-3-2-10/h3,5H,1H3,(H,12,13)/b9-6-. The lowest BCUT2D eigenvalue weighted by Gasteiger charge is -2.06. The van der Waals surface area contributed by atoms with Gasteiger partial charge in [-0.1, -0.05) is 16.8 Å². The fourth-order valence-electron chi connectivity index (χ4n) is 0.567. The summed E-state index contributed by atoms with van der Waals surface area (Å²) in [5, 5.41) is 10.7. The van der Waals surface area contributed by atoms with Crippen molar-refractivity contribution in [3.05, 3.63) is 6.26 Å². The Morgan fingerprint density at radius 1 is 1.60 bits per heavy atom. The maximum atomic E-state index is 11.1. The Bertz CT molecular complexity index is 332. The highest BCUT2D eigenvalue weighted by atomic mass is 35.5. The molecule has 0 radical (unpaired) electrons. The van der Waals surface area contributed by atoms with E-state index >= 15 is 0 Å². The molecule has 0 amide bonds. The van der Waals surface area contributed by atoms with Crippen molar-refractivity contribution >= 4 is 34.5 Å². The van der Waals surface area contributed by atoms with Crippen LogP contribution in [0.15, 0.2) is 11.4 Å². The zero-order chi connectivity index (χ0) is 11.8. The number of oxime groups is 1. The summed E-state index contributed by atoms with van der Waals surface area (Å²) in [6, 6.07) is 0. The number of nitrogens with zero attached hydrogens (tertiary/aromatic N) is 1. The number of rotatable bonds is 6. The molecule has 0 saturated heterocycles. The van der Waals surface area contributed by atoms with Gasteiger partial charge in [-0.3, -0.25) is 4.79 Å². The van der Waals surface area contributed by atoms with Gasteiger partial charge in [-0.2, -0.15) is 0 Å². The molecule has 0 aromatic rings. The van der Waals surface area contributed by atoms with Crippen LogP contribution in [-0.2, 0) is 24.0 Å². The summed E-state index contributed by atoms with van der Waals surface area (Å²) < 4.78 is 4.34. The maximum absolute atomic E-state index is 11.1. The number of ether oxygens (including phenoxy) is 1. The van der Waals surface area contributed by atoms with Crippen molar-refractivity contribution in [3.63, 3.8) is 0 Å². The number of carboxylic acid groups (broad SMARTS) is 1. The van der Waals surface area contributed by atoms with Crippen LogP contribution < -0.4 is 0 Å². The van der Waals surface area contributed by atoms with Crippen LogP contribution in [0, 0.1) is 0 Å². The minimum atomic E-state index is -1.76. The van der Waals surface area contributed by atoms with Crippen LogP contribution >= 0.6 is 11.6 Å². The highest BCUT2D eigenvalue weighted by molar-refractivity contribution is 6.84. The molecule has 0 bridgehead atoms. The van der Waals surface area contributed by atoms with Gasteiger partial charge in [0, 0.05) is 7.11 Å². The lowest BCUT2D eigenvalue weighted by Crippen LogP contribution is -2.35. The first-order chi connectivity index (χ1) is 7.04. The second-order valence-electron chi connectivity index (χ2n) is 2.04. The first-order valence-electron chi connectivity index (χ1n) is 3.43. The quantitative estimate of drug-likeness (QED) is 0.220. The number of methoxy groups -OCH3 is 1. The predicted octanol–water partition coefficient (Wildman–Crippen LogP) is -0.431. The summed E-state index contributed by atoms with van der Waals surface area (Å²) in [4.78, 5) is 35.3. The van der Waals surface area contributed by atoms with Crippen molar-refractivity contribution in [2.75, 3.05) is 7.11 Å². The van der Waals surface area contributed by atoms with Crippen molar-refractivity contribution in [1.29, 1.82) is 0 Å². The summed E-state index contributed by atoms with van der Waals surface area (Å²) in [5.41, 5.74) is 0. The first kappa shape index (κ1) is 13.3. The van der Waals surface area contributed by atoms with Crippen molar-refractivity contribution in [2.24, 2.45) is 5.16 Å². The Labute approximate surface area is 88.9 Å². The molecular formula is C7H6ClNO6. The predicted molar refractivity (Wildman–Crippen MR) is 48.1 cm³/mol. The van der Waals surface area contributed by atoms with Gasteiger partial charge in [0.25, 0.3) is 0 Å². The van der Waals surface area contributed by atoms with Gasteiger partial charge < -0.3 is 14.7 Å². The Morgan fingerprint density at radius 3 is 2.60 bits per heavy atom. The van der Waals surface area contributed by atoms with Crippen molar-refractivity contribution < 1.29 is 29.1 Å². The van der Waals surface area contributed by atoms with Crippen LogP contribution in [0.25, 0.3) is 0 Å². The van der Waals surface area contributed by atoms with Gasteiger partial charge in [-0.05, 0) is 0 Å². The maximum Gasteiger partial charge on any atom is 0.341 e. The van der Waals surface area contributed by atoms with E-state index < -0.39 is 23.0 Å². The molecule has 1 atom stereocenters. The van der Waals surface area contributed by atoms with Crippen LogP contribution in [-0.4, -0.2) is 41.2 Å². The SMILES string of the molecule is COC(C(=O)O)C(=O)/C(Cl)=N/OC=C=O. The number of halogens is 1. The molecule has 0 aromatic carbocycles. The summed E-state index contributed by atoms with van der Waals surface area (Å²) in [6.45, 7) is 0. The highest BCUT2D eigenvalue weighted by Crippen LogP contribution is 1.99. The van der Waals surface area contributed by atoms with Gasteiger partial charge in [0.15, 0.2) is 5.94 Å².